The van der Waals surface area contributed by atoms with E-state index < -0.39 is 11.7 Å². The van der Waals surface area contributed by atoms with Crippen LogP contribution in [-0.4, -0.2) is 26.9 Å². The zero-order valence-electron chi connectivity index (χ0n) is 19.6. The number of ether oxygens (including phenoxy) is 1. The third-order valence-electron chi connectivity index (χ3n) is 5.56. The van der Waals surface area contributed by atoms with E-state index in [4.69, 9.17) is 9.15 Å². The number of oxazole rings is 1. The van der Waals surface area contributed by atoms with Crippen molar-refractivity contribution < 1.29 is 22.3 Å². The molecule has 2 aromatic heterocycles. The van der Waals surface area contributed by atoms with Crippen LogP contribution in [-0.2, 0) is 18.3 Å². The minimum absolute atomic E-state index is 0.297. The first-order valence-corrected chi connectivity index (χ1v) is 12.3. The Balaban J connectivity index is 1.45. The number of thioether (sulfide) groups is 1. The molecule has 0 amide bonds. The van der Waals surface area contributed by atoms with Crippen molar-refractivity contribution in [2.45, 2.75) is 23.5 Å². The smallest absolute Gasteiger partial charge is 0.416 e. The highest BCUT2D eigenvalue weighted by molar-refractivity contribution is 7.98. The maximum absolute atomic E-state index is 13.5. The molecule has 0 aliphatic heterocycles. The summed E-state index contributed by atoms with van der Waals surface area (Å²) in [5.74, 6) is 2.59. The minimum atomic E-state index is -4.48. The third kappa shape index (κ3) is 5.69. The summed E-state index contributed by atoms with van der Waals surface area (Å²) in [7, 11) is 1.56. The number of halogens is 3. The molecule has 0 atom stereocenters. The number of alkyl halides is 3. The molecule has 188 valence electrons. The van der Waals surface area contributed by atoms with Gasteiger partial charge in [0.1, 0.15) is 11.5 Å². The molecule has 3 aromatic carbocycles. The van der Waals surface area contributed by atoms with Crippen LogP contribution in [0.15, 0.2) is 94.6 Å². The lowest BCUT2D eigenvalue weighted by Gasteiger charge is -2.13. The van der Waals surface area contributed by atoms with E-state index in [0.717, 1.165) is 23.5 Å². The van der Waals surface area contributed by atoms with Crippen LogP contribution in [0.5, 0.6) is 5.75 Å². The highest BCUT2D eigenvalue weighted by atomic mass is 32.2. The molecule has 0 fully saturated rings. The lowest BCUT2D eigenvalue weighted by Crippen LogP contribution is -2.07. The molecule has 0 saturated heterocycles. The van der Waals surface area contributed by atoms with E-state index in [9.17, 15) is 13.2 Å². The van der Waals surface area contributed by atoms with Crippen molar-refractivity contribution in [1.29, 1.82) is 0 Å². The van der Waals surface area contributed by atoms with Crippen LogP contribution in [0.25, 0.3) is 17.1 Å². The summed E-state index contributed by atoms with van der Waals surface area (Å²) in [6.07, 6.45) is -2.19. The Labute approximate surface area is 215 Å². The summed E-state index contributed by atoms with van der Waals surface area (Å²) >= 11 is 1.28. The molecule has 0 radical (unpaired) electrons. The van der Waals surface area contributed by atoms with Crippen molar-refractivity contribution in [2.75, 3.05) is 7.11 Å². The first-order valence-electron chi connectivity index (χ1n) is 11.3. The Bertz CT molecular complexity index is 1480. The quantitative estimate of drug-likeness (QED) is 0.208. The molecule has 0 spiro atoms. The van der Waals surface area contributed by atoms with Gasteiger partial charge in [0, 0.05) is 12.0 Å². The van der Waals surface area contributed by atoms with Crippen molar-refractivity contribution in [2.24, 2.45) is 0 Å². The molecule has 0 bridgehead atoms. The zero-order chi connectivity index (χ0) is 25.8. The van der Waals surface area contributed by atoms with Gasteiger partial charge in [-0.05, 0) is 48.0 Å². The summed E-state index contributed by atoms with van der Waals surface area (Å²) in [6, 6.07) is 22.1. The summed E-state index contributed by atoms with van der Waals surface area (Å²) in [6.45, 7) is 0. The van der Waals surface area contributed by atoms with E-state index in [0.29, 0.717) is 46.0 Å². The van der Waals surface area contributed by atoms with Crippen LogP contribution in [0.1, 0.15) is 22.8 Å². The number of hydrogen-bond acceptors (Lipinski definition) is 6. The van der Waals surface area contributed by atoms with Crippen molar-refractivity contribution in [3.63, 3.8) is 0 Å². The molecule has 0 aliphatic rings. The van der Waals surface area contributed by atoms with Gasteiger partial charge < -0.3 is 9.15 Å². The molecule has 5 aromatic rings. The Morgan fingerprint density at radius 3 is 2.46 bits per heavy atom. The van der Waals surface area contributed by atoms with Crippen molar-refractivity contribution in [1.82, 2.24) is 19.7 Å². The topological polar surface area (TPSA) is 66.0 Å². The van der Waals surface area contributed by atoms with Crippen LogP contribution in [0.4, 0.5) is 13.2 Å². The molecule has 2 heterocycles. The van der Waals surface area contributed by atoms with E-state index in [-0.39, 0.29) is 0 Å². The summed E-state index contributed by atoms with van der Waals surface area (Å²) in [4.78, 5) is 4.35. The lowest BCUT2D eigenvalue weighted by molar-refractivity contribution is -0.137. The van der Waals surface area contributed by atoms with Gasteiger partial charge in [-0.15, -0.1) is 10.2 Å². The van der Waals surface area contributed by atoms with Crippen molar-refractivity contribution in [3.05, 3.63) is 108 Å². The Morgan fingerprint density at radius 2 is 1.73 bits per heavy atom. The lowest BCUT2D eigenvalue weighted by atomic mass is 10.1. The monoisotopic (exact) mass is 522 g/mol. The third-order valence-corrected chi connectivity index (χ3v) is 6.47. The standard InChI is InChI=1S/C27H21F3N4O2S/c1-35-22-12-10-19(11-13-22)25-32-33-26(34(25)21-9-5-8-20(15-21)27(28,29)30)37-17-24-31-16-23(36-24)14-18-6-3-2-4-7-18/h2-13,15-16H,14,17H2,1H3. The molecule has 0 unspecified atom stereocenters. The molecule has 5 rings (SSSR count). The number of hydrogen-bond donors (Lipinski definition) is 0. The van der Waals surface area contributed by atoms with E-state index in [1.165, 1.54) is 17.8 Å². The van der Waals surface area contributed by atoms with Crippen LogP contribution >= 0.6 is 11.8 Å². The highest BCUT2D eigenvalue weighted by Crippen LogP contribution is 2.34. The maximum Gasteiger partial charge on any atom is 0.416 e. The van der Waals surface area contributed by atoms with E-state index in [1.807, 2.05) is 30.3 Å². The van der Waals surface area contributed by atoms with Crippen molar-refractivity contribution in [3.8, 4) is 22.8 Å². The molecule has 0 N–H and O–H groups in total. The molecular formula is C27H21F3N4O2S. The molecule has 10 heteroatoms. The van der Waals surface area contributed by atoms with Gasteiger partial charge in [-0.25, -0.2) is 4.98 Å². The van der Waals surface area contributed by atoms with Crippen LogP contribution in [0, 0.1) is 0 Å². The predicted octanol–water partition coefficient (Wildman–Crippen LogP) is 6.83. The fourth-order valence-corrected chi connectivity index (χ4v) is 4.57. The molecule has 6 nitrogen and oxygen atoms in total. The largest absolute Gasteiger partial charge is 0.497 e. The maximum atomic E-state index is 13.5. The van der Waals surface area contributed by atoms with Gasteiger partial charge in [0.05, 0.1) is 30.3 Å². The van der Waals surface area contributed by atoms with Crippen molar-refractivity contribution >= 4 is 11.8 Å². The van der Waals surface area contributed by atoms with E-state index in [2.05, 4.69) is 15.2 Å². The molecule has 0 saturated carbocycles. The first-order chi connectivity index (χ1) is 17.9. The Hall–Kier alpha value is -4.05. The summed E-state index contributed by atoms with van der Waals surface area (Å²) in [5, 5.41) is 9.00. The van der Waals surface area contributed by atoms with Crippen LogP contribution in [0.3, 0.4) is 0 Å². The highest BCUT2D eigenvalue weighted by Gasteiger charge is 2.31. The second-order valence-electron chi connectivity index (χ2n) is 8.09. The predicted molar refractivity (Wildman–Crippen MR) is 134 cm³/mol. The number of benzene rings is 3. The van der Waals surface area contributed by atoms with Gasteiger partial charge in [0.25, 0.3) is 0 Å². The van der Waals surface area contributed by atoms with Crippen LogP contribution < -0.4 is 4.74 Å². The Kier molecular flexibility index (Phi) is 7.00. The van der Waals surface area contributed by atoms with Gasteiger partial charge >= 0.3 is 6.18 Å². The average molecular weight is 523 g/mol. The molecule has 37 heavy (non-hydrogen) atoms. The van der Waals surface area contributed by atoms with E-state index in [1.54, 1.807) is 48.2 Å². The summed E-state index contributed by atoms with van der Waals surface area (Å²) in [5.41, 5.74) is 1.32. The molecular weight excluding hydrogens is 501 g/mol. The number of aromatic nitrogens is 4. The van der Waals surface area contributed by atoms with Gasteiger partial charge in [-0.3, -0.25) is 4.57 Å². The zero-order valence-corrected chi connectivity index (χ0v) is 20.5. The fourth-order valence-electron chi connectivity index (χ4n) is 3.76. The number of nitrogens with zero attached hydrogens (tertiary/aromatic N) is 4. The van der Waals surface area contributed by atoms with Gasteiger partial charge in [-0.2, -0.15) is 13.2 Å². The second kappa shape index (κ2) is 10.5. The van der Waals surface area contributed by atoms with E-state index >= 15 is 0 Å². The molecule has 0 aliphatic carbocycles. The Morgan fingerprint density at radius 1 is 0.946 bits per heavy atom. The average Bonchev–Trinajstić information content (AvgIpc) is 3.54. The SMILES string of the molecule is COc1ccc(-c2nnc(SCc3ncc(Cc4ccccc4)o3)n2-c2cccc(C(F)(F)F)c2)cc1. The summed E-state index contributed by atoms with van der Waals surface area (Å²) < 4.78 is 53.1. The number of rotatable bonds is 8. The first kappa shape index (κ1) is 24.6. The number of methoxy groups -OCH3 is 1. The fraction of sp³-hybridized carbons (Fsp3) is 0.148. The van der Waals surface area contributed by atoms with Gasteiger partial charge in [0.15, 0.2) is 11.0 Å². The normalized spacial score (nSPS) is 11.6. The second-order valence-corrected chi connectivity index (χ2v) is 9.03. The van der Waals surface area contributed by atoms with Gasteiger partial charge in [0.2, 0.25) is 5.89 Å². The van der Waals surface area contributed by atoms with Gasteiger partial charge in [-0.1, -0.05) is 48.2 Å². The van der Waals surface area contributed by atoms with Crippen LogP contribution in [0.2, 0.25) is 0 Å². The minimum Gasteiger partial charge on any atom is -0.497 e.